The maximum absolute atomic E-state index is 12.2. The Labute approximate surface area is 111 Å². The summed E-state index contributed by atoms with van der Waals surface area (Å²) >= 11 is 0. The topological polar surface area (TPSA) is 77.0 Å². The maximum atomic E-state index is 12.2. The van der Waals surface area contributed by atoms with E-state index in [1.165, 1.54) is 19.2 Å². The van der Waals surface area contributed by atoms with E-state index in [4.69, 9.17) is 9.47 Å². The van der Waals surface area contributed by atoms with Crippen molar-refractivity contribution in [2.75, 3.05) is 20.3 Å². The van der Waals surface area contributed by atoms with Gasteiger partial charge in [-0.25, -0.2) is 0 Å². The highest BCUT2D eigenvalue weighted by Gasteiger charge is 2.19. The van der Waals surface area contributed by atoms with Gasteiger partial charge in [0.15, 0.2) is 0 Å². The second kappa shape index (κ2) is 6.29. The molecule has 1 heterocycles. The summed E-state index contributed by atoms with van der Waals surface area (Å²) in [6.45, 7) is 1.28. The van der Waals surface area contributed by atoms with E-state index < -0.39 is 0 Å². The van der Waals surface area contributed by atoms with Gasteiger partial charge in [0, 0.05) is 19.3 Å². The number of nitroso groups, excluding NO2 is 1. The minimum absolute atomic E-state index is 0.0759. The highest BCUT2D eigenvalue weighted by Crippen LogP contribution is 2.24. The lowest BCUT2D eigenvalue weighted by Gasteiger charge is -2.23. The van der Waals surface area contributed by atoms with Crippen molar-refractivity contribution < 1.29 is 14.3 Å². The van der Waals surface area contributed by atoms with Gasteiger partial charge in [0.25, 0.3) is 5.91 Å². The van der Waals surface area contributed by atoms with Crippen LogP contribution in [0.1, 0.15) is 23.2 Å². The van der Waals surface area contributed by atoms with Crippen molar-refractivity contribution in [3.05, 3.63) is 28.7 Å². The Balaban J connectivity index is 2.14. The first-order chi connectivity index (χ1) is 9.24. The van der Waals surface area contributed by atoms with Gasteiger partial charge in [0.2, 0.25) is 0 Å². The summed E-state index contributed by atoms with van der Waals surface area (Å²) < 4.78 is 10.3. The van der Waals surface area contributed by atoms with Gasteiger partial charge in [0.1, 0.15) is 11.4 Å². The first-order valence-corrected chi connectivity index (χ1v) is 6.14. The normalized spacial score (nSPS) is 15.8. The molecule has 1 fully saturated rings. The van der Waals surface area contributed by atoms with Crippen LogP contribution in [-0.4, -0.2) is 32.3 Å². The van der Waals surface area contributed by atoms with Crippen LogP contribution in [0.25, 0.3) is 0 Å². The molecule has 1 aromatic carbocycles. The van der Waals surface area contributed by atoms with Crippen LogP contribution in [0.4, 0.5) is 5.69 Å². The largest absolute Gasteiger partial charge is 0.497 e. The number of hydrogen-bond donors (Lipinski definition) is 1. The molecule has 0 aliphatic carbocycles. The lowest BCUT2D eigenvalue weighted by molar-refractivity contribution is 0.0696. The summed E-state index contributed by atoms with van der Waals surface area (Å²) in [6.07, 6.45) is 1.55. The zero-order valence-corrected chi connectivity index (χ0v) is 10.7. The van der Waals surface area contributed by atoms with Gasteiger partial charge in [-0.15, -0.1) is 4.91 Å². The van der Waals surface area contributed by atoms with Crippen LogP contribution in [0.5, 0.6) is 5.75 Å². The van der Waals surface area contributed by atoms with E-state index in [1.807, 2.05) is 0 Å². The van der Waals surface area contributed by atoms with Crippen molar-refractivity contribution in [1.82, 2.24) is 5.32 Å². The molecule has 1 aromatic rings. The van der Waals surface area contributed by atoms with Crippen LogP contribution in [0.15, 0.2) is 23.4 Å². The zero-order valence-electron chi connectivity index (χ0n) is 10.7. The van der Waals surface area contributed by atoms with Crippen LogP contribution in [0.3, 0.4) is 0 Å². The number of benzene rings is 1. The molecule has 0 radical (unpaired) electrons. The predicted octanol–water partition coefficient (Wildman–Crippen LogP) is 2.00. The van der Waals surface area contributed by atoms with Crippen molar-refractivity contribution in [2.45, 2.75) is 18.9 Å². The maximum Gasteiger partial charge on any atom is 0.253 e. The number of carbonyl (C=O) groups excluding carboxylic acids is 1. The molecule has 1 aliphatic rings. The Kier molecular flexibility index (Phi) is 4.46. The second-order valence-corrected chi connectivity index (χ2v) is 4.33. The van der Waals surface area contributed by atoms with Gasteiger partial charge in [-0.05, 0) is 36.2 Å². The van der Waals surface area contributed by atoms with E-state index in [0.717, 1.165) is 12.8 Å². The van der Waals surface area contributed by atoms with Gasteiger partial charge in [-0.1, -0.05) is 0 Å². The lowest BCUT2D eigenvalue weighted by Crippen LogP contribution is -2.38. The van der Waals surface area contributed by atoms with E-state index in [2.05, 4.69) is 10.5 Å². The molecule has 19 heavy (non-hydrogen) atoms. The van der Waals surface area contributed by atoms with Gasteiger partial charge in [-0.3, -0.25) is 4.79 Å². The van der Waals surface area contributed by atoms with E-state index >= 15 is 0 Å². The molecule has 0 atom stereocenters. The number of ether oxygens (including phenoxy) is 2. The van der Waals surface area contributed by atoms with Crippen molar-refractivity contribution in [2.24, 2.45) is 5.18 Å². The van der Waals surface area contributed by atoms with Gasteiger partial charge >= 0.3 is 0 Å². The highest BCUT2D eigenvalue weighted by molar-refractivity contribution is 5.99. The SMILES string of the molecule is COc1ccc(N=O)c(C(=O)NC2CCOCC2)c1. The number of nitrogens with zero attached hydrogens (tertiary/aromatic N) is 1. The summed E-state index contributed by atoms with van der Waals surface area (Å²) in [5, 5.41) is 5.76. The van der Waals surface area contributed by atoms with Crippen molar-refractivity contribution >= 4 is 11.6 Å². The monoisotopic (exact) mass is 264 g/mol. The third kappa shape index (κ3) is 3.29. The molecule has 0 unspecified atom stereocenters. The molecule has 2 rings (SSSR count). The molecular formula is C13H16N2O4. The first-order valence-electron chi connectivity index (χ1n) is 6.14. The number of hydrogen-bond acceptors (Lipinski definition) is 5. The number of carbonyl (C=O) groups is 1. The van der Waals surface area contributed by atoms with Crippen LogP contribution in [0.2, 0.25) is 0 Å². The Morgan fingerprint density at radius 2 is 2.16 bits per heavy atom. The number of rotatable bonds is 4. The molecule has 1 N–H and O–H groups in total. The summed E-state index contributed by atoms with van der Waals surface area (Å²) in [5.74, 6) is 0.213. The fourth-order valence-electron chi connectivity index (χ4n) is 2.01. The van der Waals surface area contributed by atoms with E-state index in [1.54, 1.807) is 6.07 Å². The molecule has 1 amide bonds. The number of methoxy groups -OCH3 is 1. The van der Waals surface area contributed by atoms with Gasteiger partial charge in [-0.2, -0.15) is 0 Å². The number of amides is 1. The lowest BCUT2D eigenvalue weighted by atomic mass is 10.1. The molecule has 6 heteroatoms. The van der Waals surface area contributed by atoms with Crippen molar-refractivity contribution in [3.63, 3.8) is 0 Å². The molecule has 1 saturated heterocycles. The van der Waals surface area contributed by atoms with Crippen molar-refractivity contribution in [1.29, 1.82) is 0 Å². The highest BCUT2D eigenvalue weighted by atomic mass is 16.5. The summed E-state index contributed by atoms with van der Waals surface area (Å²) in [6, 6.07) is 4.67. The van der Waals surface area contributed by atoms with Crippen LogP contribution >= 0.6 is 0 Å². The second-order valence-electron chi connectivity index (χ2n) is 4.33. The quantitative estimate of drug-likeness (QED) is 0.844. The summed E-state index contributed by atoms with van der Waals surface area (Å²) in [4.78, 5) is 22.9. The minimum Gasteiger partial charge on any atom is -0.497 e. The smallest absolute Gasteiger partial charge is 0.253 e. The van der Waals surface area contributed by atoms with E-state index in [9.17, 15) is 9.70 Å². The van der Waals surface area contributed by atoms with Crippen LogP contribution in [0, 0.1) is 4.91 Å². The molecule has 0 spiro atoms. The standard InChI is InChI=1S/C13H16N2O4/c1-18-10-2-3-12(15-17)11(8-10)13(16)14-9-4-6-19-7-5-9/h2-3,8-9H,4-7H2,1H3,(H,14,16). The average molecular weight is 264 g/mol. The zero-order chi connectivity index (χ0) is 13.7. The summed E-state index contributed by atoms with van der Waals surface area (Å²) in [5.41, 5.74) is 0.353. The molecule has 0 saturated carbocycles. The average Bonchev–Trinajstić information content (AvgIpc) is 2.47. The van der Waals surface area contributed by atoms with Crippen molar-refractivity contribution in [3.8, 4) is 5.75 Å². The van der Waals surface area contributed by atoms with E-state index in [0.29, 0.717) is 19.0 Å². The van der Waals surface area contributed by atoms with Gasteiger partial charge in [0.05, 0.1) is 12.7 Å². The molecule has 6 nitrogen and oxygen atoms in total. The third-order valence-electron chi connectivity index (χ3n) is 3.10. The Hall–Kier alpha value is -1.95. The predicted molar refractivity (Wildman–Crippen MR) is 69.8 cm³/mol. The molecule has 0 bridgehead atoms. The van der Waals surface area contributed by atoms with Crippen LogP contribution < -0.4 is 10.1 Å². The molecule has 0 aromatic heterocycles. The number of nitrogens with one attached hydrogen (secondary N) is 1. The van der Waals surface area contributed by atoms with Gasteiger partial charge < -0.3 is 14.8 Å². The first kappa shape index (κ1) is 13.5. The molecular weight excluding hydrogens is 248 g/mol. The molecule has 1 aliphatic heterocycles. The Bertz CT molecular complexity index is 470. The van der Waals surface area contributed by atoms with E-state index in [-0.39, 0.29) is 23.2 Å². The van der Waals surface area contributed by atoms with Crippen LogP contribution in [-0.2, 0) is 4.74 Å². The molecule has 102 valence electrons. The minimum atomic E-state index is -0.305. The fourth-order valence-corrected chi connectivity index (χ4v) is 2.01. The fraction of sp³-hybridized carbons (Fsp3) is 0.462. The Morgan fingerprint density at radius 1 is 1.42 bits per heavy atom. The summed E-state index contributed by atoms with van der Waals surface area (Å²) in [7, 11) is 1.50. The Morgan fingerprint density at radius 3 is 2.79 bits per heavy atom. The third-order valence-corrected chi connectivity index (χ3v) is 3.10.